The highest BCUT2D eigenvalue weighted by atomic mass is 16.5. The zero-order chi connectivity index (χ0) is 18.5. The standard InChI is InChI=1S/C23H30O3/c1-4-14(2)23-12-11-19-18-8-6-17(25)13-16(18)5-7-20(19)21(23)9-10-22(23)26-15(3)24/h1,13-14,18-22H,5-12H2,2-3H3/t14?,18-,19+,20+,21-,22-,23?/m0/s1. The largest absolute Gasteiger partial charge is 0.462 e. The second kappa shape index (κ2) is 6.55. The Bertz CT molecular complexity index is 684. The molecule has 0 aromatic heterocycles. The van der Waals surface area contributed by atoms with Gasteiger partial charge in [-0.3, -0.25) is 9.59 Å². The quantitative estimate of drug-likeness (QED) is 0.548. The van der Waals surface area contributed by atoms with E-state index >= 15 is 0 Å². The first-order chi connectivity index (χ1) is 12.5. The molecular weight excluding hydrogens is 324 g/mol. The van der Waals surface area contributed by atoms with E-state index in [2.05, 4.69) is 12.8 Å². The van der Waals surface area contributed by atoms with E-state index in [9.17, 15) is 9.59 Å². The molecule has 4 aliphatic carbocycles. The second-order valence-corrected chi connectivity index (χ2v) is 9.02. The van der Waals surface area contributed by atoms with Crippen molar-refractivity contribution in [3.8, 4) is 12.3 Å². The van der Waals surface area contributed by atoms with E-state index in [1.54, 1.807) is 0 Å². The molecule has 0 bridgehead atoms. The Hall–Kier alpha value is -1.56. The third-order valence-electron chi connectivity index (χ3n) is 8.18. The first-order valence-electron chi connectivity index (χ1n) is 10.3. The van der Waals surface area contributed by atoms with Crippen molar-refractivity contribution >= 4 is 11.8 Å². The molecule has 3 fully saturated rings. The normalized spacial score (nSPS) is 42.6. The summed E-state index contributed by atoms with van der Waals surface area (Å²) in [5, 5.41) is 0. The molecule has 26 heavy (non-hydrogen) atoms. The van der Waals surface area contributed by atoms with Crippen LogP contribution in [0.4, 0.5) is 0 Å². The van der Waals surface area contributed by atoms with Crippen LogP contribution in [-0.2, 0) is 14.3 Å². The van der Waals surface area contributed by atoms with Gasteiger partial charge in [0.05, 0.1) is 0 Å². The van der Waals surface area contributed by atoms with Crippen LogP contribution in [0.3, 0.4) is 0 Å². The average molecular weight is 354 g/mol. The van der Waals surface area contributed by atoms with Crippen LogP contribution in [0.5, 0.6) is 0 Å². The fourth-order valence-corrected chi connectivity index (χ4v) is 7.20. The van der Waals surface area contributed by atoms with Crippen molar-refractivity contribution in [2.45, 2.75) is 71.3 Å². The van der Waals surface area contributed by atoms with E-state index in [0.717, 1.165) is 44.9 Å². The van der Waals surface area contributed by atoms with Crippen LogP contribution in [0.25, 0.3) is 0 Å². The molecule has 0 aromatic rings. The highest BCUT2D eigenvalue weighted by Crippen LogP contribution is 2.64. The number of hydrogen-bond acceptors (Lipinski definition) is 3. The van der Waals surface area contributed by atoms with Gasteiger partial charge >= 0.3 is 5.97 Å². The van der Waals surface area contributed by atoms with Gasteiger partial charge in [0.25, 0.3) is 0 Å². The third-order valence-corrected chi connectivity index (χ3v) is 8.18. The van der Waals surface area contributed by atoms with E-state index in [4.69, 9.17) is 11.2 Å². The molecular formula is C23H30O3. The summed E-state index contributed by atoms with van der Waals surface area (Å²) in [5.41, 5.74) is 1.36. The smallest absolute Gasteiger partial charge is 0.302 e. The molecule has 7 atom stereocenters. The minimum Gasteiger partial charge on any atom is -0.462 e. The molecule has 0 heterocycles. The number of rotatable bonds is 2. The second-order valence-electron chi connectivity index (χ2n) is 9.02. The fourth-order valence-electron chi connectivity index (χ4n) is 7.20. The van der Waals surface area contributed by atoms with Crippen LogP contribution >= 0.6 is 0 Å². The van der Waals surface area contributed by atoms with Crippen molar-refractivity contribution in [3.63, 3.8) is 0 Å². The summed E-state index contributed by atoms with van der Waals surface area (Å²) < 4.78 is 5.82. The van der Waals surface area contributed by atoms with Crippen LogP contribution in [0.1, 0.15) is 65.2 Å². The maximum atomic E-state index is 11.8. The zero-order valence-corrected chi connectivity index (χ0v) is 16.0. The van der Waals surface area contributed by atoms with Gasteiger partial charge in [0.1, 0.15) is 6.10 Å². The zero-order valence-electron chi connectivity index (χ0n) is 16.0. The minimum atomic E-state index is -0.180. The number of carbonyl (C=O) groups is 2. The summed E-state index contributed by atoms with van der Waals surface area (Å²) in [7, 11) is 0. The molecule has 4 rings (SSSR count). The molecule has 0 aromatic carbocycles. The number of ether oxygens (including phenoxy) is 1. The molecule has 0 N–H and O–H groups in total. The Balaban J connectivity index is 1.66. The van der Waals surface area contributed by atoms with Crippen LogP contribution in [0.2, 0.25) is 0 Å². The number of hydrogen-bond donors (Lipinski definition) is 0. The van der Waals surface area contributed by atoms with Gasteiger partial charge in [-0.05, 0) is 74.7 Å². The lowest BCUT2D eigenvalue weighted by atomic mass is 9.49. The highest BCUT2D eigenvalue weighted by molar-refractivity contribution is 5.91. The van der Waals surface area contributed by atoms with Crippen molar-refractivity contribution in [2.24, 2.45) is 35.0 Å². The Morgan fingerprint density at radius 3 is 2.77 bits per heavy atom. The Morgan fingerprint density at radius 2 is 2.04 bits per heavy atom. The molecule has 0 radical (unpaired) electrons. The summed E-state index contributed by atoms with van der Waals surface area (Å²) >= 11 is 0. The van der Waals surface area contributed by atoms with E-state index in [-0.39, 0.29) is 23.4 Å². The predicted octanol–water partition coefficient (Wildman–Crippen LogP) is 4.31. The van der Waals surface area contributed by atoms with Gasteiger partial charge in [0, 0.05) is 24.7 Å². The van der Waals surface area contributed by atoms with Crippen LogP contribution in [-0.4, -0.2) is 17.9 Å². The van der Waals surface area contributed by atoms with Gasteiger partial charge in [-0.1, -0.05) is 12.5 Å². The lowest BCUT2D eigenvalue weighted by Crippen LogP contribution is -2.52. The molecule has 0 spiro atoms. The third kappa shape index (κ3) is 2.56. The van der Waals surface area contributed by atoms with E-state index in [1.807, 2.05) is 6.08 Å². The van der Waals surface area contributed by atoms with Gasteiger partial charge in [-0.25, -0.2) is 0 Å². The highest BCUT2D eigenvalue weighted by Gasteiger charge is 2.61. The molecule has 0 aliphatic heterocycles. The number of ketones is 1. The molecule has 0 amide bonds. The Labute approximate surface area is 156 Å². The van der Waals surface area contributed by atoms with Crippen molar-refractivity contribution in [1.82, 2.24) is 0 Å². The Morgan fingerprint density at radius 1 is 1.23 bits per heavy atom. The average Bonchev–Trinajstić information content (AvgIpc) is 2.99. The van der Waals surface area contributed by atoms with Crippen molar-refractivity contribution in [1.29, 1.82) is 0 Å². The van der Waals surface area contributed by atoms with Gasteiger partial charge in [-0.15, -0.1) is 12.3 Å². The lowest BCUT2D eigenvalue weighted by molar-refractivity contribution is -0.160. The number of esters is 1. The number of fused-ring (bicyclic) bond motifs is 5. The monoisotopic (exact) mass is 354 g/mol. The predicted molar refractivity (Wildman–Crippen MR) is 100.0 cm³/mol. The molecule has 4 aliphatic rings. The molecule has 0 saturated heterocycles. The maximum absolute atomic E-state index is 11.8. The van der Waals surface area contributed by atoms with Crippen LogP contribution in [0.15, 0.2) is 11.6 Å². The summed E-state index contributed by atoms with van der Waals surface area (Å²) in [6, 6.07) is 0. The van der Waals surface area contributed by atoms with Gasteiger partial charge in [0.15, 0.2) is 5.78 Å². The van der Waals surface area contributed by atoms with Crippen molar-refractivity contribution < 1.29 is 14.3 Å². The van der Waals surface area contributed by atoms with E-state index in [0.29, 0.717) is 35.9 Å². The first kappa shape index (κ1) is 17.8. The van der Waals surface area contributed by atoms with Crippen LogP contribution in [0, 0.1) is 47.3 Å². The first-order valence-corrected chi connectivity index (χ1v) is 10.3. The summed E-state index contributed by atoms with van der Waals surface area (Å²) in [6.07, 6.45) is 16.1. The SMILES string of the molecule is C#CC(C)C12CC[C@H]3[C@@H](CCC4=CC(=O)CC[C@@H]43)[C@@H]1CC[C@@H]2OC(C)=O. The minimum absolute atomic E-state index is 0.0260. The molecule has 3 heteroatoms. The molecule has 140 valence electrons. The summed E-state index contributed by atoms with van der Waals surface area (Å²) in [4.78, 5) is 23.6. The van der Waals surface area contributed by atoms with E-state index in [1.165, 1.54) is 12.5 Å². The lowest BCUT2D eigenvalue weighted by Gasteiger charge is -2.55. The van der Waals surface area contributed by atoms with Gasteiger partial charge in [-0.2, -0.15) is 0 Å². The number of allylic oxidation sites excluding steroid dienone is 1. The fraction of sp³-hybridized carbons (Fsp3) is 0.739. The topological polar surface area (TPSA) is 43.4 Å². The maximum Gasteiger partial charge on any atom is 0.302 e. The summed E-state index contributed by atoms with van der Waals surface area (Å²) in [5.74, 6) is 5.77. The van der Waals surface area contributed by atoms with Gasteiger partial charge in [0.2, 0.25) is 0 Å². The van der Waals surface area contributed by atoms with Crippen LogP contribution < -0.4 is 0 Å². The van der Waals surface area contributed by atoms with Crippen molar-refractivity contribution in [3.05, 3.63) is 11.6 Å². The Kier molecular flexibility index (Phi) is 4.49. The van der Waals surface area contributed by atoms with E-state index < -0.39 is 0 Å². The number of terminal acetylenes is 1. The molecule has 3 saturated carbocycles. The van der Waals surface area contributed by atoms with Crippen molar-refractivity contribution in [2.75, 3.05) is 0 Å². The summed E-state index contributed by atoms with van der Waals surface area (Å²) in [6.45, 7) is 3.67. The molecule has 3 nitrogen and oxygen atoms in total. The molecule has 2 unspecified atom stereocenters. The number of carbonyl (C=O) groups excluding carboxylic acids is 2. The van der Waals surface area contributed by atoms with Gasteiger partial charge < -0.3 is 4.74 Å².